The molecule has 0 bridgehead atoms. The van der Waals surface area contributed by atoms with E-state index in [1.165, 1.54) is 0 Å². The van der Waals surface area contributed by atoms with E-state index in [4.69, 9.17) is 28.9 Å². The Bertz CT molecular complexity index is 476. The lowest BCUT2D eigenvalue weighted by atomic mass is 10.3. The molecule has 0 aliphatic heterocycles. The van der Waals surface area contributed by atoms with E-state index in [0.717, 1.165) is 0 Å². The zero-order chi connectivity index (χ0) is 10.3. The number of fused-ring (bicyclic) bond motifs is 1. The van der Waals surface area contributed by atoms with Gasteiger partial charge in [0.1, 0.15) is 11.3 Å². The molecule has 0 amide bonds. The third kappa shape index (κ3) is 1.38. The molecule has 2 aromatic rings. The van der Waals surface area contributed by atoms with Gasteiger partial charge in [-0.15, -0.1) is 0 Å². The van der Waals surface area contributed by atoms with Crippen LogP contribution in [0.3, 0.4) is 0 Å². The number of rotatable bonds is 1. The molecular formula is C9H9Cl2N3. The Hall–Kier alpha value is -0.770. The van der Waals surface area contributed by atoms with Gasteiger partial charge in [-0.1, -0.05) is 23.2 Å². The minimum absolute atomic E-state index is 0.173. The van der Waals surface area contributed by atoms with Crippen molar-refractivity contribution in [2.45, 2.75) is 13.0 Å². The molecule has 2 heterocycles. The van der Waals surface area contributed by atoms with Gasteiger partial charge in [0, 0.05) is 6.20 Å². The molecule has 2 rings (SSSR count). The van der Waals surface area contributed by atoms with E-state index < -0.39 is 0 Å². The number of halogens is 2. The largest absolute Gasteiger partial charge is 0.322 e. The monoisotopic (exact) mass is 229 g/mol. The van der Waals surface area contributed by atoms with Crippen molar-refractivity contribution in [1.82, 2.24) is 9.38 Å². The first-order valence-corrected chi connectivity index (χ1v) is 4.94. The molecule has 0 radical (unpaired) electrons. The second kappa shape index (κ2) is 3.42. The molecule has 2 aromatic heterocycles. The van der Waals surface area contributed by atoms with E-state index in [1.54, 1.807) is 6.07 Å². The lowest BCUT2D eigenvalue weighted by molar-refractivity contribution is 0.736. The Morgan fingerprint density at radius 2 is 2.21 bits per heavy atom. The molecule has 1 unspecified atom stereocenters. The van der Waals surface area contributed by atoms with Crippen molar-refractivity contribution >= 4 is 28.7 Å². The van der Waals surface area contributed by atoms with Gasteiger partial charge in [0.25, 0.3) is 0 Å². The molecule has 5 heteroatoms. The molecule has 0 saturated heterocycles. The summed E-state index contributed by atoms with van der Waals surface area (Å²) < 4.78 is 1.81. The highest BCUT2D eigenvalue weighted by Crippen LogP contribution is 2.27. The Morgan fingerprint density at radius 3 is 2.86 bits per heavy atom. The van der Waals surface area contributed by atoms with Crippen molar-refractivity contribution in [3.63, 3.8) is 0 Å². The number of nitrogens with two attached hydrogens (primary N) is 1. The van der Waals surface area contributed by atoms with Crippen molar-refractivity contribution in [3.05, 3.63) is 34.3 Å². The van der Waals surface area contributed by atoms with Crippen molar-refractivity contribution < 1.29 is 0 Å². The highest BCUT2D eigenvalue weighted by atomic mass is 35.5. The summed E-state index contributed by atoms with van der Waals surface area (Å²) in [4.78, 5) is 4.17. The number of imidazole rings is 1. The molecule has 0 aromatic carbocycles. The van der Waals surface area contributed by atoms with Crippen LogP contribution in [0.2, 0.25) is 10.2 Å². The van der Waals surface area contributed by atoms with Crippen LogP contribution in [-0.4, -0.2) is 9.38 Å². The van der Waals surface area contributed by atoms with Gasteiger partial charge in [-0.05, 0) is 19.1 Å². The molecule has 0 saturated carbocycles. The summed E-state index contributed by atoms with van der Waals surface area (Å²) in [5, 5.41) is 0.972. The highest BCUT2D eigenvalue weighted by molar-refractivity contribution is 6.39. The van der Waals surface area contributed by atoms with E-state index in [1.807, 2.05) is 23.6 Å². The fraction of sp³-hybridized carbons (Fsp3) is 0.222. The first-order chi connectivity index (χ1) is 6.61. The molecule has 1 atom stereocenters. The number of pyridine rings is 1. The standard InChI is InChI=1S/C9H9Cl2N3/c1-5(12)9-13-8(11)7-6(10)3-2-4-14(7)9/h2-5H,12H2,1H3. The van der Waals surface area contributed by atoms with Crippen LogP contribution >= 0.6 is 23.2 Å². The summed E-state index contributed by atoms with van der Waals surface area (Å²) in [5.41, 5.74) is 6.47. The smallest absolute Gasteiger partial charge is 0.156 e. The maximum Gasteiger partial charge on any atom is 0.156 e. The number of nitrogens with zero attached hydrogens (tertiary/aromatic N) is 2. The molecule has 0 aliphatic rings. The lowest BCUT2D eigenvalue weighted by Crippen LogP contribution is -2.09. The zero-order valence-corrected chi connectivity index (χ0v) is 9.05. The van der Waals surface area contributed by atoms with Crippen molar-refractivity contribution in [2.24, 2.45) is 5.73 Å². The van der Waals surface area contributed by atoms with E-state index in [-0.39, 0.29) is 6.04 Å². The molecule has 3 nitrogen and oxygen atoms in total. The average Bonchev–Trinajstić information content (AvgIpc) is 2.45. The fourth-order valence-corrected chi connectivity index (χ4v) is 1.98. The summed E-state index contributed by atoms with van der Waals surface area (Å²) >= 11 is 11.9. The summed E-state index contributed by atoms with van der Waals surface area (Å²) in [6, 6.07) is 3.43. The van der Waals surface area contributed by atoms with E-state index in [9.17, 15) is 0 Å². The molecule has 74 valence electrons. The van der Waals surface area contributed by atoms with Crippen molar-refractivity contribution in [3.8, 4) is 0 Å². The van der Waals surface area contributed by atoms with Crippen LogP contribution in [-0.2, 0) is 0 Å². The molecule has 14 heavy (non-hydrogen) atoms. The highest BCUT2D eigenvalue weighted by Gasteiger charge is 2.14. The molecule has 0 spiro atoms. The molecule has 0 fully saturated rings. The van der Waals surface area contributed by atoms with E-state index in [0.29, 0.717) is 21.5 Å². The van der Waals surface area contributed by atoms with Crippen LogP contribution in [0.1, 0.15) is 18.8 Å². The summed E-state index contributed by atoms with van der Waals surface area (Å²) in [5.74, 6) is 0.715. The van der Waals surface area contributed by atoms with Crippen molar-refractivity contribution in [2.75, 3.05) is 0 Å². The van der Waals surface area contributed by atoms with Gasteiger partial charge >= 0.3 is 0 Å². The van der Waals surface area contributed by atoms with Gasteiger partial charge in [0.2, 0.25) is 0 Å². The van der Waals surface area contributed by atoms with Crippen LogP contribution in [0.5, 0.6) is 0 Å². The molecule has 2 N–H and O–H groups in total. The van der Waals surface area contributed by atoms with Gasteiger partial charge in [0.15, 0.2) is 5.15 Å². The maximum atomic E-state index is 5.99. The van der Waals surface area contributed by atoms with Gasteiger partial charge in [0.05, 0.1) is 11.1 Å². The molecule has 0 aliphatic carbocycles. The Morgan fingerprint density at radius 1 is 1.50 bits per heavy atom. The maximum absolute atomic E-state index is 5.99. The fourth-order valence-electron chi connectivity index (χ4n) is 1.40. The first-order valence-electron chi connectivity index (χ1n) is 4.19. The topological polar surface area (TPSA) is 43.3 Å². The van der Waals surface area contributed by atoms with Crippen molar-refractivity contribution in [1.29, 1.82) is 0 Å². The summed E-state index contributed by atoms with van der Waals surface area (Å²) in [6.07, 6.45) is 1.85. The second-order valence-corrected chi connectivity index (χ2v) is 3.89. The zero-order valence-electron chi connectivity index (χ0n) is 7.54. The van der Waals surface area contributed by atoms with Gasteiger partial charge < -0.3 is 5.73 Å². The number of hydrogen-bond donors (Lipinski definition) is 1. The molecular weight excluding hydrogens is 221 g/mol. The lowest BCUT2D eigenvalue weighted by Gasteiger charge is -2.03. The SMILES string of the molecule is CC(N)c1nc(Cl)c2c(Cl)cccn12. The van der Waals surface area contributed by atoms with Crippen LogP contribution < -0.4 is 5.73 Å². The van der Waals surface area contributed by atoms with Crippen LogP contribution in [0.4, 0.5) is 0 Å². The Balaban J connectivity index is 2.84. The minimum Gasteiger partial charge on any atom is -0.322 e. The quantitative estimate of drug-likeness (QED) is 0.818. The average molecular weight is 230 g/mol. The number of hydrogen-bond acceptors (Lipinski definition) is 2. The Kier molecular flexibility index (Phi) is 2.39. The second-order valence-electron chi connectivity index (χ2n) is 3.12. The first kappa shape index (κ1) is 9.77. The van der Waals surface area contributed by atoms with Gasteiger partial charge in [-0.3, -0.25) is 4.40 Å². The van der Waals surface area contributed by atoms with Gasteiger partial charge in [-0.25, -0.2) is 4.98 Å². The van der Waals surface area contributed by atoms with E-state index >= 15 is 0 Å². The Labute approximate surface area is 91.4 Å². The van der Waals surface area contributed by atoms with Crippen LogP contribution in [0.25, 0.3) is 5.52 Å². The van der Waals surface area contributed by atoms with E-state index in [2.05, 4.69) is 4.98 Å². The van der Waals surface area contributed by atoms with Gasteiger partial charge in [-0.2, -0.15) is 0 Å². The summed E-state index contributed by atoms with van der Waals surface area (Å²) in [6.45, 7) is 1.85. The van der Waals surface area contributed by atoms with Crippen LogP contribution in [0, 0.1) is 0 Å². The minimum atomic E-state index is -0.173. The third-order valence-electron chi connectivity index (χ3n) is 2.01. The predicted molar refractivity (Wildman–Crippen MR) is 57.8 cm³/mol. The normalized spacial score (nSPS) is 13.4. The third-order valence-corrected chi connectivity index (χ3v) is 2.58. The number of aromatic nitrogens is 2. The summed E-state index contributed by atoms with van der Waals surface area (Å²) in [7, 11) is 0. The predicted octanol–water partition coefficient (Wildman–Crippen LogP) is 2.66. The van der Waals surface area contributed by atoms with Crippen LogP contribution in [0.15, 0.2) is 18.3 Å².